The Labute approximate surface area is 65.2 Å². The summed E-state index contributed by atoms with van der Waals surface area (Å²) in [5, 5.41) is 20.2. The highest BCUT2D eigenvalue weighted by Gasteiger charge is 2.24. The molecule has 0 saturated carbocycles. The van der Waals surface area contributed by atoms with Crippen LogP contribution >= 0.6 is 0 Å². The third kappa shape index (κ3) is 2.17. The summed E-state index contributed by atoms with van der Waals surface area (Å²) in [6.45, 7) is 0.0315. The lowest BCUT2D eigenvalue weighted by atomic mass is 9.99. The van der Waals surface area contributed by atoms with E-state index in [4.69, 9.17) is 10.2 Å². The maximum absolute atomic E-state index is 10.5. The van der Waals surface area contributed by atoms with Gasteiger partial charge in [0.05, 0.1) is 6.61 Å². The minimum Gasteiger partial charge on any atom is -0.480 e. The molecule has 64 valence electrons. The number of carbonyl (C=O) groups is 1. The average Bonchev–Trinajstić information content (AvgIpc) is 2.05. The van der Waals surface area contributed by atoms with Gasteiger partial charge in [-0.1, -0.05) is 0 Å². The second kappa shape index (κ2) is 3.69. The summed E-state index contributed by atoms with van der Waals surface area (Å²) in [7, 11) is 0. The van der Waals surface area contributed by atoms with Gasteiger partial charge in [0.2, 0.25) is 0 Å². The van der Waals surface area contributed by atoms with Gasteiger partial charge in [0, 0.05) is 6.04 Å². The molecule has 0 aromatic heterocycles. The van der Waals surface area contributed by atoms with Crippen molar-refractivity contribution >= 4 is 5.97 Å². The first kappa shape index (κ1) is 8.49. The fourth-order valence-electron chi connectivity index (χ4n) is 1.36. The fourth-order valence-corrected chi connectivity index (χ4v) is 1.36. The van der Waals surface area contributed by atoms with Gasteiger partial charge >= 0.3 is 5.97 Å². The minimum atomic E-state index is -0.817. The van der Waals surface area contributed by atoms with Crippen LogP contribution in [0.5, 0.6) is 0 Å². The highest BCUT2D eigenvalue weighted by molar-refractivity contribution is 5.73. The maximum Gasteiger partial charge on any atom is 0.320 e. The maximum atomic E-state index is 10.5. The van der Waals surface area contributed by atoms with Crippen LogP contribution in [0, 0.1) is 0 Å². The van der Waals surface area contributed by atoms with Crippen LogP contribution in [-0.4, -0.2) is 34.9 Å². The molecule has 1 rings (SSSR count). The largest absolute Gasteiger partial charge is 0.480 e. The smallest absolute Gasteiger partial charge is 0.320 e. The van der Waals surface area contributed by atoms with Crippen molar-refractivity contribution in [3.8, 4) is 0 Å². The first-order valence-electron chi connectivity index (χ1n) is 3.83. The molecule has 3 N–H and O–H groups in total. The van der Waals surface area contributed by atoms with Gasteiger partial charge in [0.1, 0.15) is 6.04 Å². The average molecular weight is 159 g/mol. The molecule has 0 aromatic rings. The second-order valence-electron chi connectivity index (χ2n) is 2.87. The Kier molecular flexibility index (Phi) is 2.84. The van der Waals surface area contributed by atoms with Crippen molar-refractivity contribution in [3.05, 3.63) is 0 Å². The van der Waals surface area contributed by atoms with Crippen molar-refractivity contribution in [2.24, 2.45) is 0 Å². The normalized spacial score (nSPS) is 31.7. The van der Waals surface area contributed by atoms with Gasteiger partial charge in [-0.15, -0.1) is 0 Å². The predicted molar refractivity (Wildman–Crippen MR) is 39.3 cm³/mol. The van der Waals surface area contributed by atoms with Gasteiger partial charge < -0.3 is 10.2 Å². The Hall–Kier alpha value is -0.610. The van der Waals surface area contributed by atoms with Crippen molar-refractivity contribution in [2.75, 3.05) is 6.61 Å². The molecule has 1 heterocycles. The van der Waals surface area contributed by atoms with Crippen molar-refractivity contribution in [3.63, 3.8) is 0 Å². The number of carboxylic acid groups (broad SMARTS) is 1. The molecular formula is C7H13NO3. The second-order valence-corrected chi connectivity index (χ2v) is 2.87. The van der Waals surface area contributed by atoms with Gasteiger partial charge in [-0.2, -0.15) is 0 Å². The monoisotopic (exact) mass is 159 g/mol. The van der Waals surface area contributed by atoms with E-state index < -0.39 is 12.0 Å². The third-order valence-corrected chi connectivity index (χ3v) is 2.00. The number of piperidine rings is 1. The molecule has 4 nitrogen and oxygen atoms in total. The van der Waals surface area contributed by atoms with Gasteiger partial charge in [-0.3, -0.25) is 10.1 Å². The molecule has 0 aliphatic carbocycles. The zero-order valence-electron chi connectivity index (χ0n) is 6.29. The van der Waals surface area contributed by atoms with E-state index in [1.165, 1.54) is 0 Å². The van der Waals surface area contributed by atoms with Crippen LogP contribution in [0.2, 0.25) is 0 Å². The molecule has 1 saturated heterocycles. The Bertz CT molecular complexity index is 149. The van der Waals surface area contributed by atoms with Crippen molar-refractivity contribution in [2.45, 2.75) is 31.3 Å². The standard InChI is InChI=1S/C7H13NO3/c9-4-5-2-1-3-6(8-5)7(10)11/h5-6,8-9H,1-4H2,(H,10,11)/t5-,6-/m0/s1. The van der Waals surface area contributed by atoms with Crippen LogP contribution < -0.4 is 5.32 Å². The van der Waals surface area contributed by atoms with Crippen LogP contribution in [0.1, 0.15) is 19.3 Å². The van der Waals surface area contributed by atoms with E-state index in [9.17, 15) is 4.79 Å². The van der Waals surface area contributed by atoms with Gasteiger partial charge in [-0.25, -0.2) is 0 Å². The topological polar surface area (TPSA) is 69.6 Å². The molecule has 0 radical (unpaired) electrons. The van der Waals surface area contributed by atoms with Gasteiger partial charge in [0.15, 0.2) is 0 Å². The summed E-state index contributed by atoms with van der Waals surface area (Å²) in [5.74, 6) is -0.817. The summed E-state index contributed by atoms with van der Waals surface area (Å²) < 4.78 is 0. The third-order valence-electron chi connectivity index (χ3n) is 2.00. The number of aliphatic carboxylic acids is 1. The van der Waals surface area contributed by atoms with Crippen molar-refractivity contribution in [1.82, 2.24) is 5.32 Å². The lowest BCUT2D eigenvalue weighted by Crippen LogP contribution is -2.48. The number of aliphatic hydroxyl groups is 1. The summed E-state index contributed by atoms with van der Waals surface area (Å²) in [6, 6.07) is -0.481. The highest BCUT2D eigenvalue weighted by Crippen LogP contribution is 2.12. The zero-order valence-corrected chi connectivity index (χ0v) is 6.29. The Balaban J connectivity index is 2.39. The Morgan fingerprint density at radius 3 is 2.82 bits per heavy atom. The zero-order chi connectivity index (χ0) is 8.27. The molecule has 0 aromatic carbocycles. The molecule has 0 amide bonds. The van der Waals surface area contributed by atoms with E-state index in [0.717, 1.165) is 12.8 Å². The predicted octanol–water partition coefficient (Wildman–Crippen LogP) is -0.426. The van der Waals surface area contributed by atoms with Crippen LogP contribution in [0.15, 0.2) is 0 Å². The van der Waals surface area contributed by atoms with E-state index in [-0.39, 0.29) is 12.6 Å². The summed E-state index contributed by atoms with van der Waals surface area (Å²) in [6.07, 6.45) is 2.43. The number of nitrogens with one attached hydrogen (secondary N) is 1. The van der Waals surface area contributed by atoms with Gasteiger partial charge in [0.25, 0.3) is 0 Å². The molecular weight excluding hydrogens is 146 g/mol. The van der Waals surface area contributed by atoms with Crippen LogP contribution in [0.25, 0.3) is 0 Å². The molecule has 1 aliphatic heterocycles. The van der Waals surface area contributed by atoms with E-state index in [0.29, 0.717) is 6.42 Å². The Morgan fingerprint density at radius 2 is 2.27 bits per heavy atom. The molecule has 2 atom stereocenters. The summed E-state index contributed by atoms with van der Waals surface area (Å²) >= 11 is 0. The van der Waals surface area contributed by atoms with Crippen LogP contribution in [0.3, 0.4) is 0 Å². The summed E-state index contributed by atoms with van der Waals surface area (Å²) in [5.41, 5.74) is 0. The first-order chi connectivity index (χ1) is 5.24. The molecule has 0 unspecified atom stereocenters. The number of hydrogen-bond acceptors (Lipinski definition) is 3. The lowest BCUT2D eigenvalue weighted by molar-refractivity contribution is -0.140. The summed E-state index contributed by atoms with van der Waals surface area (Å²) in [4.78, 5) is 10.5. The lowest BCUT2D eigenvalue weighted by Gasteiger charge is -2.26. The molecule has 0 spiro atoms. The number of carboxylic acids is 1. The van der Waals surface area contributed by atoms with Crippen molar-refractivity contribution in [1.29, 1.82) is 0 Å². The minimum absolute atomic E-state index is 0.0233. The molecule has 11 heavy (non-hydrogen) atoms. The van der Waals surface area contributed by atoms with Crippen LogP contribution in [0.4, 0.5) is 0 Å². The van der Waals surface area contributed by atoms with Gasteiger partial charge in [-0.05, 0) is 19.3 Å². The van der Waals surface area contributed by atoms with E-state index >= 15 is 0 Å². The van der Waals surface area contributed by atoms with E-state index in [1.807, 2.05) is 0 Å². The molecule has 4 heteroatoms. The fraction of sp³-hybridized carbons (Fsp3) is 0.857. The number of rotatable bonds is 2. The molecule has 1 aliphatic rings. The molecule has 0 bridgehead atoms. The van der Waals surface area contributed by atoms with E-state index in [2.05, 4.69) is 5.32 Å². The number of hydrogen-bond donors (Lipinski definition) is 3. The first-order valence-corrected chi connectivity index (χ1v) is 3.83. The number of aliphatic hydroxyl groups excluding tert-OH is 1. The quantitative estimate of drug-likeness (QED) is 0.511. The van der Waals surface area contributed by atoms with Crippen molar-refractivity contribution < 1.29 is 15.0 Å². The van der Waals surface area contributed by atoms with E-state index in [1.54, 1.807) is 0 Å². The SMILES string of the molecule is O=C(O)[C@@H]1CCC[C@@H](CO)N1. The highest BCUT2D eigenvalue weighted by atomic mass is 16.4. The van der Waals surface area contributed by atoms with Crippen LogP contribution in [-0.2, 0) is 4.79 Å². The molecule has 1 fully saturated rings. The Morgan fingerprint density at radius 1 is 1.55 bits per heavy atom.